The van der Waals surface area contributed by atoms with Crippen LogP contribution in [0.5, 0.6) is 0 Å². The number of nitrogens with zero attached hydrogens (tertiary/aromatic N) is 4. The van der Waals surface area contributed by atoms with Crippen LogP contribution < -0.4 is 0 Å². The van der Waals surface area contributed by atoms with Gasteiger partial charge in [0.05, 0.1) is 18.5 Å². The van der Waals surface area contributed by atoms with E-state index in [9.17, 15) is 9.18 Å². The number of carbonyl (C=O) groups excluding carboxylic acids is 1. The van der Waals surface area contributed by atoms with Gasteiger partial charge in [-0.1, -0.05) is 24.6 Å². The van der Waals surface area contributed by atoms with Gasteiger partial charge in [-0.2, -0.15) is 0 Å². The van der Waals surface area contributed by atoms with E-state index in [1.54, 1.807) is 23.9 Å². The minimum absolute atomic E-state index is 0.0510. The van der Waals surface area contributed by atoms with Gasteiger partial charge in [0.2, 0.25) is 0 Å². The second-order valence-corrected chi connectivity index (χ2v) is 8.76. The highest BCUT2D eigenvalue weighted by Crippen LogP contribution is 2.32. The Bertz CT molecular complexity index is 821. The molecule has 156 valence electrons. The summed E-state index contributed by atoms with van der Waals surface area (Å²) in [5, 5.41) is 9.56. The fourth-order valence-corrected chi connectivity index (χ4v) is 5.02. The molecule has 2 aromatic rings. The number of rotatable bonds is 6. The smallest absolute Gasteiger partial charge is 0.192 e. The number of ether oxygens (including phenoxy) is 1. The molecule has 2 fully saturated rings. The summed E-state index contributed by atoms with van der Waals surface area (Å²) in [5.41, 5.74) is 0.833. The molecule has 1 aliphatic carbocycles. The highest BCUT2D eigenvalue weighted by molar-refractivity contribution is 8.00. The second kappa shape index (κ2) is 9.82. The van der Waals surface area contributed by atoms with Crippen molar-refractivity contribution in [2.45, 2.75) is 49.1 Å². The maximum absolute atomic E-state index is 13.4. The highest BCUT2D eigenvalue weighted by atomic mass is 32.2. The molecule has 29 heavy (non-hydrogen) atoms. The van der Waals surface area contributed by atoms with Gasteiger partial charge in [-0.15, -0.1) is 10.2 Å². The zero-order valence-corrected chi connectivity index (χ0v) is 17.4. The van der Waals surface area contributed by atoms with Gasteiger partial charge in [0.25, 0.3) is 0 Å². The molecule has 0 bridgehead atoms. The zero-order valence-electron chi connectivity index (χ0n) is 16.6. The van der Waals surface area contributed by atoms with Crippen molar-refractivity contribution < 1.29 is 13.9 Å². The first kappa shape index (κ1) is 20.5. The summed E-state index contributed by atoms with van der Waals surface area (Å²) in [6.07, 6.45) is 4.74. The number of Topliss-reactive ketones (excluding diaryl/α,β-unsaturated/α-hetero) is 1. The number of thioether (sulfide) groups is 1. The summed E-state index contributed by atoms with van der Waals surface area (Å²) in [5.74, 6) is 0.771. The Morgan fingerprint density at radius 1 is 1.07 bits per heavy atom. The molecule has 0 radical (unpaired) electrons. The largest absolute Gasteiger partial charge is 0.379 e. The molecule has 1 unspecified atom stereocenters. The van der Waals surface area contributed by atoms with E-state index in [0.717, 1.165) is 81.6 Å². The summed E-state index contributed by atoms with van der Waals surface area (Å²) in [6.45, 7) is 4.93. The quantitative estimate of drug-likeness (QED) is 0.670. The molecule has 0 N–H and O–H groups in total. The van der Waals surface area contributed by atoms with Gasteiger partial charge in [-0.25, -0.2) is 4.39 Å². The molecule has 1 saturated heterocycles. The SMILES string of the molecule is O=C1CCCCCC1Sc1nnc(-c2ccc(F)cc2)n1CCN1CCOCC1. The maximum atomic E-state index is 13.4. The molecule has 0 spiro atoms. The number of halogens is 1. The molecular formula is C21H27FN4O2S. The molecule has 0 amide bonds. The molecule has 1 atom stereocenters. The van der Waals surface area contributed by atoms with Gasteiger partial charge in [-0.3, -0.25) is 9.69 Å². The van der Waals surface area contributed by atoms with E-state index < -0.39 is 0 Å². The van der Waals surface area contributed by atoms with Gasteiger partial charge in [-0.05, 0) is 37.1 Å². The second-order valence-electron chi connectivity index (χ2n) is 7.59. The predicted octanol–water partition coefficient (Wildman–Crippen LogP) is 3.41. The lowest BCUT2D eigenvalue weighted by Crippen LogP contribution is -2.38. The number of ketones is 1. The van der Waals surface area contributed by atoms with Crippen LogP contribution >= 0.6 is 11.8 Å². The minimum Gasteiger partial charge on any atom is -0.379 e. The average molecular weight is 419 g/mol. The van der Waals surface area contributed by atoms with Crippen molar-refractivity contribution in [2.75, 3.05) is 32.8 Å². The summed E-state index contributed by atoms with van der Waals surface area (Å²) in [7, 11) is 0. The molecule has 6 nitrogen and oxygen atoms in total. The number of benzene rings is 1. The van der Waals surface area contributed by atoms with Gasteiger partial charge in [0.15, 0.2) is 11.0 Å². The number of hydrogen-bond acceptors (Lipinski definition) is 6. The Balaban J connectivity index is 1.57. The van der Waals surface area contributed by atoms with Crippen LogP contribution in [-0.2, 0) is 16.1 Å². The molecule has 2 heterocycles. The van der Waals surface area contributed by atoms with Crippen molar-refractivity contribution in [3.05, 3.63) is 30.1 Å². The first-order valence-electron chi connectivity index (χ1n) is 10.4. The maximum Gasteiger partial charge on any atom is 0.192 e. The average Bonchev–Trinajstić information content (AvgIpc) is 3.03. The number of carbonyl (C=O) groups is 1. The highest BCUT2D eigenvalue weighted by Gasteiger charge is 2.25. The summed E-state index contributed by atoms with van der Waals surface area (Å²) in [4.78, 5) is 14.9. The number of aromatic nitrogens is 3. The zero-order chi connectivity index (χ0) is 20.1. The van der Waals surface area contributed by atoms with Crippen LogP contribution in [0.25, 0.3) is 11.4 Å². The summed E-state index contributed by atoms with van der Waals surface area (Å²) in [6, 6.07) is 6.35. The standard InChI is InChI=1S/C21H27FN4O2S/c22-17-8-6-16(7-9-17)20-23-24-21(29-19-5-3-1-2-4-18(19)27)26(20)11-10-25-12-14-28-15-13-25/h6-9,19H,1-5,10-15H2. The van der Waals surface area contributed by atoms with Crippen molar-refractivity contribution >= 4 is 17.5 Å². The Morgan fingerprint density at radius 2 is 1.86 bits per heavy atom. The molecule has 8 heteroatoms. The fraction of sp³-hybridized carbons (Fsp3) is 0.571. The van der Waals surface area contributed by atoms with Crippen LogP contribution in [-0.4, -0.2) is 63.5 Å². The van der Waals surface area contributed by atoms with Crippen molar-refractivity contribution in [3.8, 4) is 11.4 Å². The van der Waals surface area contributed by atoms with Crippen LogP contribution in [0.4, 0.5) is 4.39 Å². The van der Waals surface area contributed by atoms with Crippen molar-refractivity contribution in [2.24, 2.45) is 0 Å². The van der Waals surface area contributed by atoms with E-state index in [1.165, 1.54) is 12.1 Å². The van der Waals surface area contributed by atoms with Crippen LogP contribution in [0.2, 0.25) is 0 Å². The van der Waals surface area contributed by atoms with Gasteiger partial charge in [0.1, 0.15) is 11.6 Å². The molecular weight excluding hydrogens is 391 g/mol. The van der Waals surface area contributed by atoms with E-state index in [4.69, 9.17) is 4.74 Å². The number of morpholine rings is 1. The van der Waals surface area contributed by atoms with E-state index >= 15 is 0 Å². The monoisotopic (exact) mass is 418 g/mol. The van der Waals surface area contributed by atoms with Gasteiger partial charge in [0, 0.05) is 38.2 Å². The Labute approximate surface area is 174 Å². The first-order valence-corrected chi connectivity index (χ1v) is 11.3. The van der Waals surface area contributed by atoms with E-state index in [1.807, 2.05) is 0 Å². The Kier molecular flexibility index (Phi) is 6.94. The van der Waals surface area contributed by atoms with Crippen LogP contribution in [0.15, 0.2) is 29.4 Å². The van der Waals surface area contributed by atoms with E-state index in [-0.39, 0.29) is 11.1 Å². The van der Waals surface area contributed by atoms with Gasteiger partial charge < -0.3 is 9.30 Å². The van der Waals surface area contributed by atoms with Crippen molar-refractivity contribution in [1.82, 2.24) is 19.7 Å². The van der Waals surface area contributed by atoms with Gasteiger partial charge >= 0.3 is 0 Å². The Hall–Kier alpha value is -1.77. The lowest BCUT2D eigenvalue weighted by atomic mass is 10.2. The van der Waals surface area contributed by atoms with Crippen LogP contribution in [0, 0.1) is 5.82 Å². The lowest BCUT2D eigenvalue weighted by Gasteiger charge is -2.27. The van der Waals surface area contributed by atoms with E-state index in [0.29, 0.717) is 12.2 Å². The summed E-state index contributed by atoms with van der Waals surface area (Å²) < 4.78 is 20.9. The molecule has 1 aliphatic heterocycles. The Morgan fingerprint density at radius 3 is 2.66 bits per heavy atom. The third kappa shape index (κ3) is 5.24. The van der Waals surface area contributed by atoms with Crippen LogP contribution in [0.1, 0.15) is 32.1 Å². The molecule has 2 aliphatic rings. The summed E-state index contributed by atoms with van der Waals surface area (Å²) >= 11 is 1.54. The third-order valence-electron chi connectivity index (χ3n) is 5.56. The predicted molar refractivity (Wildman–Crippen MR) is 110 cm³/mol. The minimum atomic E-state index is -0.271. The van der Waals surface area contributed by atoms with Crippen molar-refractivity contribution in [1.29, 1.82) is 0 Å². The fourth-order valence-electron chi connectivity index (χ4n) is 3.84. The molecule has 1 aromatic carbocycles. The van der Waals surface area contributed by atoms with E-state index in [2.05, 4.69) is 19.7 Å². The molecule has 4 rings (SSSR count). The molecule has 1 saturated carbocycles. The number of hydrogen-bond donors (Lipinski definition) is 0. The molecule has 1 aromatic heterocycles. The van der Waals surface area contributed by atoms with Crippen LogP contribution in [0.3, 0.4) is 0 Å². The topological polar surface area (TPSA) is 60.2 Å². The first-order chi connectivity index (χ1) is 14.2. The van der Waals surface area contributed by atoms with Crippen molar-refractivity contribution in [3.63, 3.8) is 0 Å². The lowest BCUT2D eigenvalue weighted by molar-refractivity contribution is -0.118. The third-order valence-corrected chi connectivity index (χ3v) is 6.86. The normalized spacial score (nSPS) is 21.3.